The fourth-order valence-electron chi connectivity index (χ4n) is 2.31. The Morgan fingerprint density at radius 1 is 1.11 bits per heavy atom. The molecule has 0 atom stereocenters. The van der Waals surface area contributed by atoms with Gasteiger partial charge in [0.15, 0.2) is 0 Å². The summed E-state index contributed by atoms with van der Waals surface area (Å²) < 4.78 is 0. The van der Waals surface area contributed by atoms with Crippen LogP contribution in [0.4, 0.5) is 5.69 Å². The van der Waals surface area contributed by atoms with Crippen LogP contribution < -0.4 is 0 Å². The molecule has 0 amide bonds. The van der Waals surface area contributed by atoms with Gasteiger partial charge < -0.3 is 0 Å². The molecule has 0 bridgehead atoms. The maximum absolute atomic E-state index is 4.80. The second kappa shape index (κ2) is 8.11. The average Bonchev–Trinajstić information content (AvgIpc) is 2.34. The first-order valence-electron chi connectivity index (χ1n) is 7.40. The minimum atomic E-state index is 0.981. The lowest BCUT2D eigenvalue weighted by Crippen LogP contribution is -2.30. The van der Waals surface area contributed by atoms with Crippen LogP contribution in [0.1, 0.15) is 44.7 Å². The van der Waals surface area contributed by atoms with E-state index >= 15 is 0 Å². The number of nitrogens with zero attached hydrogens (tertiary/aromatic N) is 2. The van der Waals surface area contributed by atoms with Crippen LogP contribution in [0.15, 0.2) is 23.2 Å². The molecule has 0 radical (unpaired) electrons. The molecule has 0 aromatic heterocycles. The van der Waals surface area contributed by atoms with Gasteiger partial charge in [0.1, 0.15) is 0 Å². The van der Waals surface area contributed by atoms with Crippen molar-refractivity contribution in [2.45, 2.75) is 47.5 Å². The molecule has 2 nitrogen and oxygen atoms in total. The van der Waals surface area contributed by atoms with E-state index in [9.17, 15) is 0 Å². The SMILES string of the molecule is CCCN(CCC)CC(C)=Nc1cc(C)ccc1C. The molecule has 0 aliphatic heterocycles. The number of aryl methyl sites for hydroxylation is 2. The van der Waals surface area contributed by atoms with Gasteiger partial charge in [0.2, 0.25) is 0 Å². The van der Waals surface area contributed by atoms with E-state index in [-0.39, 0.29) is 0 Å². The first kappa shape index (κ1) is 15.9. The summed E-state index contributed by atoms with van der Waals surface area (Å²) in [6, 6.07) is 6.46. The normalized spacial score (nSPS) is 12.2. The minimum Gasteiger partial charge on any atom is -0.298 e. The van der Waals surface area contributed by atoms with E-state index in [0.29, 0.717) is 0 Å². The molecule has 2 heteroatoms. The topological polar surface area (TPSA) is 15.6 Å². The van der Waals surface area contributed by atoms with Gasteiger partial charge in [0.25, 0.3) is 0 Å². The zero-order valence-corrected chi connectivity index (χ0v) is 13.2. The van der Waals surface area contributed by atoms with E-state index in [2.05, 4.69) is 57.7 Å². The van der Waals surface area contributed by atoms with Gasteiger partial charge in [-0.1, -0.05) is 26.0 Å². The molecule has 0 N–H and O–H groups in total. The Labute approximate surface area is 118 Å². The molecule has 0 aliphatic rings. The summed E-state index contributed by atoms with van der Waals surface area (Å²) in [5, 5.41) is 0. The van der Waals surface area contributed by atoms with Gasteiger partial charge in [-0.3, -0.25) is 9.89 Å². The highest BCUT2D eigenvalue weighted by Gasteiger charge is 2.05. The van der Waals surface area contributed by atoms with Crippen LogP contribution in [0.25, 0.3) is 0 Å². The molecule has 0 spiro atoms. The molecule has 0 fully saturated rings. The first-order chi connectivity index (χ1) is 9.06. The Balaban J connectivity index is 2.77. The van der Waals surface area contributed by atoms with E-state index in [1.807, 2.05) is 0 Å². The molecule has 0 aliphatic carbocycles. The molecular formula is C17H28N2. The maximum Gasteiger partial charge on any atom is 0.0661 e. The molecule has 0 unspecified atom stereocenters. The fourth-order valence-corrected chi connectivity index (χ4v) is 2.31. The number of hydrogen-bond acceptors (Lipinski definition) is 2. The van der Waals surface area contributed by atoms with Gasteiger partial charge in [0.05, 0.1) is 5.69 Å². The highest BCUT2D eigenvalue weighted by molar-refractivity contribution is 5.86. The fraction of sp³-hybridized carbons (Fsp3) is 0.588. The lowest BCUT2D eigenvalue weighted by Gasteiger charge is -2.20. The Hall–Kier alpha value is -1.15. The second-order valence-electron chi connectivity index (χ2n) is 5.41. The van der Waals surface area contributed by atoms with Crippen molar-refractivity contribution in [3.63, 3.8) is 0 Å². The van der Waals surface area contributed by atoms with Gasteiger partial charge in [-0.2, -0.15) is 0 Å². The van der Waals surface area contributed by atoms with E-state index in [1.54, 1.807) is 0 Å². The van der Waals surface area contributed by atoms with Gasteiger partial charge in [-0.05, 0) is 63.9 Å². The molecule has 1 rings (SSSR count). The molecule has 19 heavy (non-hydrogen) atoms. The standard InChI is InChI=1S/C17H28N2/c1-6-10-19(11-7-2)13-16(5)18-17-12-14(3)8-9-15(17)4/h8-9,12H,6-7,10-11,13H2,1-5H3. The van der Waals surface area contributed by atoms with Crippen LogP contribution in [0.5, 0.6) is 0 Å². The number of benzene rings is 1. The third kappa shape index (κ3) is 5.56. The summed E-state index contributed by atoms with van der Waals surface area (Å²) in [7, 11) is 0. The summed E-state index contributed by atoms with van der Waals surface area (Å²) in [5.74, 6) is 0. The van der Waals surface area contributed by atoms with Crippen LogP contribution in [-0.2, 0) is 0 Å². The highest BCUT2D eigenvalue weighted by Crippen LogP contribution is 2.20. The molecular weight excluding hydrogens is 232 g/mol. The minimum absolute atomic E-state index is 0.981. The number of rotatable bonds is 7. The summed E-state index contributed by atoms with van der Waals surface area (Å²) in [6.45, 7) is 14.2. The Morgan fingerprint density at radius 3 is 2.32 bits per heavy atom. The van der Waals surface area contributed by atoms with Crippen molar-refractivity contribution in [3.05, 3.63) is 29.3 Å². The van der Waals surface area contributed by atoms with Crippen molar-refractivity contribution < 1.29 is 0 Å². The monoisotopic (exact) mass is 260 g/mol. The third-order valence-corrected chi connectivity index (χ3v) is 3.21. The number of aliphatic imine (C=N–C) groups is 1. The van der Waals surface area contributed by atoms with Crippen LogP contribution in [0, 0.1) is 13.8 Å². The van der Waals surface area contributed by atoms with Crippen molar-refractivity contribution >= 4 is 11.4 Å². The van der Waals surface area contributed by atoms with Gasteiger partial charge in [0, 0.05) is 12.3 Å². The smallest absolute Gasteiger partial charge is 0.0661 e. The molecule has 0 heterocycles. The van der Waals surface area contributed by atoms with Crippen LogP contribution in [0.3, 0.4) is 0 Å². The average molecular weight is 260 g/mol. The van der Waals surface area contributed by atoms with Gasteiger partial charge >= 0.3 is 0 Å². The Kier molecular flexibility index (Phi) is 6.79. The number of hydrogen-bond donors (Lipinski definition) is 0. The van der Waals surface area contributed by atoms with E-state index < -0.39 is 0 Å². The largest absolute Gasteiger partial charge is 0.298 e. The van der Waals surface area contributed by atoms with E-state index in [4.69, 9.17) is 4.99 Å². The predicted molar refractivity (Wildman–Crippen MR) is 85.7 cm³/mol. The summed E-state index contributed by atoms with van der Waals surface area (Å²) in [6.07, 6.45) is 2.41. The lowest BCUT2D eigenvalue weighted by atomic mass is 10.1. The maximum atomic E-state index is 4.80. The predicted octanol–water partition coefficient (Wildman–Crippen LogP) is 4.52. The van der Waals surface area contributed by atoms with Gasteiger partial charge in [-0.15, -0.1) is 0 Å². The van der Waals surface area contributed by atoms with Crippen LogP contribution in [-0.4, -0.2) is 30.2 Å². The summed E-state index contributed by atoms with van der Waals surface area (Å²) >= 11 is 0. The van der Waals surface area contributed by atoms with Crippen molar-refractivity contribution in [3.8, 4) is 0 Å². The van der Waals surface area contributed by atoms with Crippen molar-refractivity contribution in [1.82, 2.24) is 4.90 Å². The molecule has 106 valence electrons. The zero-order chi connectivity index (χ0) is 14.3. The van der Waals surface area contributed by atoms with E-state index in [1.165, 1.54) is 29.7 Å². The zero-order valence-electron chi connectivity index (χ0n) is 13.2. The van der Waals surface area contributed by atoms with Crippen LogP contribution >= 0.6 is 0 Å². The quantitative estimate of drug-likeness (QED) is 0.658. The molecule has 0 saturated heterocycles. The van der Waals surface area contributed by atoms with Crippen molar-refractivity contribution in [2.75, 3.05) is 19.6 Å². The van der Waals surface area contributed by atoms with E-state index in [0.717, 1.165) is 25.3 Å². The van der Waals surface area contributed by atoms with Crippen molar-refractivity contribution in [2.24, 2.45) is 4.99 Å². The molecule has 1 aromatic rings. The summed E-state index contributed by atoms with van der Waals surface area (Å²) in [5.41, 5.74) is 4.85. The van der Waals surface area contributed by atoms with Gasteiger partial charge in [-0.25, -0.2) is 0 Å². The molecule has 1 aromatic carbocycles. The Morgan fingerprint density at radius 2 is 1.74 bits per heavy atom. The van der Waals surface area contributed by atoms with Crippen LogP contribution in [0.2, 0.25) is 0 Å². The molecule has 0 saturated carbocycles. The third-order valence-electron chi connectivity index (χ3n) is 3.21. The Bertz CT molecular complexity index is 415. The van der Waals surface area contributed by atoms with Crippen molar-refractivity contribution in [1.29, 1.82) is 0 Å². The first-order valence-corrected chi connectivity index (χ1v) is 7.40. The summed E-state index contributed by atoms with van der Waals surface area (Å²) in [4.78, 5) is 7.29. The second-order valence-corrected chi connectivity index (χ2v) is 5.41. The highest BCUT2D eigenvalue weighted by atomic mass is 15.1. The lowest BCUT2D eigenvalue weighted by molar-refractivity contribution is 0.312.